The number of ether oxygens (including phenoxy) is 1. The number of carboxylic acid groups (broad SMARTS) is 1. The van der Waals surface area contributed by atoms with Gasteiger partial charge in [0.1, 0.15) is 0 Å². The van der Waals surface area contributed by atoms with Crippen molar-refractivity contribution in [3.8, 4) is 5.63 Å². The van der Waals surface area contributed by atoms with Crippen LogP contribution in [-0.4, -0.2) is 23.2 Å². The van der Waals surface area contributed by atoms with Crippen molar-refractivity contribution in [2.75, 3.05) is 0 Å². The fraction of sp³-hybridized carbons (Fsp3) is 0.250. The molecule has 19 heavy (non-hydrogen) atoms. The number of hydrogen-bond donors (Lipinski definition) is 2. The second-order valence-corrected chi connectivity index (χ2v) is 4.05. The van der Waals surface area contributed by atoms with Crippen LogP contribution in [0.1, 0.15) is 12.0 Å². The van der Waals surface area contributed by atoms with E-state index in [4.69, 9.17) is 9.84 Å². The predicted octanol–water partition coefficient (Wildman–Crippen LogP) is 2.01. The zero-order chi connectivity index (χ0) is 14.1. The van der Waals surface area contributed by atoms with Gasteiger partial charge in [-0.15, -0.1) is 0 Å². The maximum atomic E-state index is 11.4. The van der Waals surface area contributed by atoms with Gasteiger partial charge in [-0.25, -0.2) is 0 Å². The minimum atomic E-state index is -1.24. The Labute approximate surface area is 110 Å². The molecule has 6 nitrogen and oxygen atoms in total. The monoisotopic (exact) mass is 281 g/mol. The second-order valence-electron chi connectivity index (χ2n) is 3.55. The van der Waals surface area contributed by atoms with Gasteiger partial charge in [0.15, 0.2) is 0 Å². The zero-order valence-electron chi connectivity index (χ0n) is 9.91. The van der Waals surface area contributed by atoms with Crippen molar-refractivity contribution in [3.05, 3.63) is 35.9 Å². The first-order chi connectivity index (χ1) is 9.13. The van der Waals surface area contributed by atoms with E-state index in [1.165, 1.54) is 0 Å². The topological polar surface area (TPSA) is 92.7 Å². The summed E-state index contributed by atoms with van der Waals surface area (Å²) in [5.74, 6) is -1.24. The molecule has 0 saturated heterocycles. The summed E-state index contributed by atoms with van der Waals surface area (Å²) in [5, 5.41) is 11.0. The molecule has 0 spiro atoms. The van der Waals surface area contributed by atoms with Crippen LogP contribution in [0.4, 0.5) is 4.79 Å². The van der Waals surface area contributed by atoms with Gasteiger partial charge in [0, 0.05) is 0 Å². The quantitative estimate of drug-likeness (QED) is 0.805. The Morgan fingerprint density at radius 3 is 2.63 bits per heavy atom. The van der Waals surface area contributed by atoms with Crippen LogP contribution in [0.25, 0.3) is 0 Å². The Morgan fingerprint density at radius 2 is 2.05 bits per heavy atom. The summed E-state index contributed by atoms with van der Waals surface area (Å²) in [6.07, 6.45) is -1.01. The molecule has 0 aliphatic carbocycles. The van der Waals surface area contributed by atoms with E-state index in [0.717, 1.165) is 5.56 Å². The molecule has 1 aromatic rings. The molecule has 7 heteroatoms. The molecule has 0 aliphatic rings. The summed E-state index contributed by atoms with van der Waals surface area (Å²) < 4.78 is 15.0. The van der Waals surface area contributed by atoms with Crippen LogP contribution in [0.2, 0.25) is 0 Å². The third kappa shape index (κ3) is 5.91. The maximum absolute atomic E-state index is 11.4. The van der Waals surface area contributed by atoms with Crippen LogP contribution in [0.5, 0.6) is 0 Å². The Bertz CT molecular complexity index is 539. The first-order valence-electron chi connectivity index (χ1n) is 5.38. The van der Waals surface area contributed by atoms with Gasteiger partial charge in [-0.1, -0.05) is 0 Å². The minimum absolute atomic E-state index is 0.0479. The number of amides is 1. The molecular weight excluding hydrogens is 269 g/mol. The number of carbonyl (C=O) groups is 2. The van der Waals surface area contributed by atoms with Gasteiger partial charge < -0.3 is 0 Å². The molecule has 0 saturated carbocycles. The van der Waals surface area contributed by atoms with Crippen molar-refractivity contribution in [2.24, 2.45) is 0 Å². The summed E-state index contributed by atoms with van der Waals surface area (Å²) in [7, 11) is -0.404. The molecule has 1 atom stereocenters. The van der Waals surface area contributed by atoms with Crippen LogP contribution < -0.4 is 5.32 Å². The fourth-order valence-corrected chi connectivity index (χ4v) is 1.49. The van der Waals surface area contributed by atoms with Crippen molar-refractivity contribution in [1.82, 2.24) is 5.32 Å². The van der Waals surface area contributed by atoms with E-state index in [-0.39, 0.29) is 13.0 Å². The van der Waals surface area contributed by atoms with Crippen LogP contribution in [0.3, 0.4) is 0 Å². The molecule has 0 radical (unpaired) electrons. The van der Waals surface area contributed by atoms with Gasteiger partial charge >= 0.3 is 110 Å². The van der Waals surface area contributed by atoms with Crippen molar-refractivity contribution in [1.29, 1.82) is 0 Å². The van der Waals surface area contributed by atoms with E-state index in [9.17, 15) is 14.2 Å². The Kier molecular flexibility index (Phi) is 6.44. The third-order valence-electron chi connectivity index (χ3n) is 2.16. The number of carbonyl (C=O) groups excluding carboxylic acids is 1. The van der Waals surface area contributed by atoms with Gasteiger partial charge in [0.2, 0.25) is 0 Å². The van der Waals surface area contributed by atoms with Gasteiger partial charge in [0.05, 0.1) is 0 Å². The normalized spacial score (nSPS) is 10.9. The standard InChI is InChI=1S/C12H12NO5P/c14-11(15)10(6-7-19-17)13-12(16)18-8-9-4-2-1-3-5-9/h1-5,10H,6,8H2,(H,13,16)(H,14,15)/t10-/m1/s1. The molecule has 100 valence electrons. The molecule has 1 rings (SSSR count). The molecule has 0 unspecified atom stereocenters. The third-order valence-corrected chi connectivity index (χ3v) is 2.47. The Hall–Kier alpha value is -2.03. The molecule has 2 N–H and O–H groups in total. The molecule has 0 heterocycles. The molecule has 0 aliphatic heterocycles. The zero-order valence-corrected chi connectivity index (χ0v) is 10.8. The van der Waals surface area contributed by atoms with Gasteiger partial charge in [0.25, 0.3) is 0 Å². The summed E-state index contributed by atoms with van der Waals surface area (Å²) >= 11 is 0. The van der Waals surface area contributed by atoms with E-state index in [0.29, 0.717) is 0 Å². The van der Waals surface area contributed by atoms with E-state index in [1.54, 1.807) is 24.3 Å². The molecule has 0 aromatic heterocycles. The second kappa shape index (κ2) is 8.14. The summed E-state index contributed by atoms with van der Waals surface area (Å²) in [6.45, 7) is 0.0479. The van der Waals surface area contributed by atoms with Gasteiger partial charge in [-0.2, -0.15) is 0 Å². The summed E-state index contributed by atoms with van der Waals surface area (Å²) in [4.78, 5) is 22.2. The van der Waals surface area contributed by atoms with Crippen LogP contribution in [0, 0.1) is 5.63 Å². The van der Waals surface area contributed by atoms with Crippen LogP contribution in [0.15, 0.2) is 30.3 Å². The SMILES string of the molecule is O=P#CC[C@@H](NC(=O)OCc1ccccc1)C(=O)O. The van der Waals surface area contributed by atoms with Gasteiger partial charge in [-0.05, 0) is 0 Å². The molecule has 1 aromatic carbocycles. The summed E-state index contributed by atoms with van der Waals surface area (Å²) in [5.41, 5.74) is 3.07. The molecule has 0 fully saturated rings. The van der Waals surface area contributed by atoms with Crippen molar-refractivity contribution < 1.29 is 24.0 Å². The molecule has 0 bridgehead atoms. The Morgan fingerprint density at radius 1 is 1.37 bits per heavy atom. The number of carboxylic acids is 1. The van der Waals surface area contributed by atoms with Crippen LogP contribution >= 0.6 is 7.92 Å². The van der Waals surface area contributed by atoms with E-state index >= 15 is 0 Å². The number of aliphatic carboxylic acids is 1. The van der Waals surface area contributed by atoms with E-state index in [2.05, 4.69) is 10.9 Å². The number of nitrogens with one attached hydrogen (secondary N) is 1. The van der Waals surface area contributed by atoms with Gasteiger partial charge in [-0.3, -0.25) is 0 Å². The number of rotatable bonds is 5. The average Bonchev–Trinajstić information content (AvgIpc) is 2.42. The number of benzene rings is 1. The first-order valence-corrected chi connectivity index (χ1v) is 6.20. The van der Waals surface area contributed by atoms with Crippen LogP contribution in [-0.2, 0) is 20.7 Å². The average molecular weight is 281 g/mol. The number of alkyl carbamates (subject to hydrolysis) is 1. The molecule has 1 amide bonds. The van der Waals surface area contributed by atoms with E-state index < -0.39 is 26.0 Å². The predicted molar refractivity (Wildman–Crippen MR) is 67.3 cm³/mol. The fourth-order valence-electron chi connectivity index (χ4n) is 1.24. The Balaban J connectivity index is 2.46. The van der Waals surface area contributed by atoms with Crippen molar-refractivity contribution >= 4 is 20.0 Å². The first kappa shape index (κ1) is 15.0. The van der Waals surface area contributed by atoms with E-state index in [1.807, 2.05) is 6.07 Å². The number of hydrogen-bond acceptors (Lipinski definition) is 4. The van der Waals surface area contributed by atoms with Crippen molar-refractivity contribution in [2.45, 2.75) is 19.1 Å². The summed E-state index contributed by atoms with van der Waals surface area (Å²) in [6, 6.07) is 7.78. The molecular formula is C12H12NO5P. The van der Waals surface area contributed by atoms with Crippen molar-refractivity contribution in [3.63, 3.8) is 0 Å².